The summed E-state index contributed by atoms with van der Waals surface area (Å²) in [5.74, 6) is 0. The molecule has 146 valence electrons. The van der Waals surface area contributed by atoms with Crippen LogP contribution in [-0.2, 0) is 12.8 Å². The monoisotopic (exact) mass is 388 g/mol. The molecule has 2 aliphatic heterocycles. The van der Waals surface area contributed by atoms with Gasteiger partial charge in [-0.15, -0.1) is 0 Å². The second kappa shape index (κ2) is 6.50. The molecule has 2 aliphatic rings. The van der Waals surface area contributed by atoms with E-state index >= 15 is 0 Å². The van der Waals surface area contributed by atoms with Crippen molar-refractivity contribution in [3.05, 3.63) is 107 Å². The summed E-state index contributed by atoms with van der Waals surface area (Å²) in [6, 6.07) is 31.1. The molecule has 6 rings (SSSR count). The van der Waals surface area contributed by atoms with Gasteiger partial charge in [0.15, 0.2) is 0 Å². The molecule has 0 spiro atoms. The quantitative estimate of drug-likeness (QED) is 0.358. The van der Waals surface area contributed by atoms with Crippen LogP contribution >= 0.6 is 0 Å². The Morgan fingerprint density at radius 2 is 0.867 bits per heavy atom. The van der Waals surface area contributed by atoms with Crippen LogP contribution < -0.4 is 9.80 Å². The molecule has 2 heteroatoms. The van der Waals surface area contributed by atoms with Gasteiger partial charge in [-0.3, -0.25) is 0 Å². The number of rotatable bonds is 1. The van der Waals surface area contributed by atoms with Crippen LogP contribution in [0.15, 0.2) is 84.9 Å². The average molecular weight is 389 g/mol. The van der Waals surface area contributed by atoms with E-state index in [2.05, 4.69) is 109 Å². The molecule has 0 fully saturated rings. The highest BCUT2D eigenvalue weighted by Crippen LogP contribution is 2.48. The van der Waals surface area contributed by atoms with Gasteiger partial charge in [-0.2, -0.15) is 0 Å². The van der Waals surface area contributed by atoms with Gasteiger partial charge in [0.05, 0.1) is 11.4 Å². The van der Waals surface area contributed by atoms with E-state index in [-0.39, 0.29) is 0 Å². The Morgan fingerprint density at radius 3 is 1.33 bits per heavy atom. The Hall–Kier alpha value is -3.52. The Bertz CT molecular complexity index is 1190. The van der Waals surface area contributed by atoms with Gasteiger partial charge in [-0.1, -0.05) is 72.8 Å². The van der Waals surface area contributed by atoms with Crippen LogP contribution in [0.3, 0.4) is 0 Å². The lowest BCUT2D eigenvalue weighted by Crippen LogP contribution is -2.21. The Kier molecular flexibility index (Phi) is 3.76. The Morgan fingerprint density at radius 1 is 0.467 bits per heavy atom. The van der Waals surface area contributed by atoms with Crippen LogP contribution in [0, 0.1) is 0 Å². The lowest BCUT2D eigenvalue weighted by atomic mass is 9.87. The second-order valence-electron chi connectivity index (χ2n) is 8.36. The minimum Gasteiger partial charge on any atom is -0.344 e. The summed E-state index contributed by atoms with van der Waals surface area (Å²) in [6.45, 7) is 0. The van der Waals surface area contributed by atoms with Crippen LogP contribution in [0.1, 0.15) is 22.3 Å². The van der Waals surface area contributed by atoms with Crippen molar-refractivity contribution >= 4 is 22.7 Å². The highest BCUT2D eigenvalue weighted by molar-refractivity contribution is 5.95. The molecule has 0 N–H and O–H groups in total. The molecule has 30 heavy (non-hydrogen) atoms. The number of para-hydroxylation sites is 4. The SMILES string of the molecule is CN1c2ccccc2Cc2cccc(-c3cccc4c3N(C)c3ccccc3C4)c21. The molecule has 0 aliphatic carbocycles. The van der Waals surface area contributed by atoms with Crippen molar-refractivity contribution in [2.45, 2.75) is 12.8 Å². The predicted molar refractivity (Wildman–Crippen MR) is 127 cm³/mol. The normalized spacial score (nSPS) is 13.9. The summed E-state index contributed by atoms with van der Waals surface area (Å²) in [5, 5.41) is 0. The van der Waals surface area contributed by atoms with Gasteiger partial charge in [0.25, 0.3) is 0 Å². The number of hydrogen-bond donors (Lipinski definition) is 0. The first-order valence-corrected chi connectivity index (χ1v) is 10.6. The topological polar surface area (TPSA) is 6.48 Å². The lowest BCUT2D eigenvalue weighted by molar-refractivity contribution is 1.05. The molecular weight excluding hydrogens is 364 g/mol. The summed E-state index contributed by atoms with van der Waals surface area (Å²) >= 11 is 0. The highest BCUT2D eigenvalue weighted by atomic mass is 15.1. The van der Waals surface area contributed by atoms with Gasteiger partial charge in [0.2, 0.25) is 0 Å². The maximum absolute atomic E-state index is 2.37. The third-order valence-electron chi connectivity index (χ3n) is 6.67. The fourth-order valence-electron chi connectivity index (χ4n) is 5.32. The van der Waals surface area contributed by atoms with E-state index in [0.29, 0.717) is 0 Å². The minimum absolute atomic E-state index is 0.984. The van der Waals surface area contributed by atoms with Crippen LogP contribution in [0.25, 0.3) is 11.1 Å². The van der Waals surface area contributed by atoms with Crippen LogP contribution in [-0.4, -0.2) is 14.1 Å². The first-order valence-electron chi connectivity index (χ1n) is 10.6. The van der Waals surface area contributed by atoms with Crippen molar-refractivity contribution in [1.82, 2.24) is 0 Å². The van der Waals surface area contributed by atoms with E-state index < -0.39 is 0 Å². The third-order valence-corrected chi connectivity index (χ3v) is 6.67. The standard InChI is InChI=1S/C28H24N2/c1-29-25-15-5-3-9-19(25)17-21-11-7-13-23(27(21)29)24-14-8-12-22-18-20-10-4-6-16-26(20)30(2)28(22)24/h3-16H,17-18H2,1-2H3. The van der Waals surface area contributed by atoms with Gasteiger partial charge in [0, 0.05) is 49.4 Å². The fraction of sp³-hybridized carbons (Fsp3) is 0.143. The van der Waals surface area contributed by atoms with Crippen molar-refractivity contribution in [2.24, 2.45) is 0 Å². The second-order valence-corrected chi connectivity index (χ2v) is 8.36. The lowest BCUT2D eigenvalue weighted by Gasteiger charge is -2.35. The summed E-state index contributed by atoms with van der Waals surface area (Å²) in [7, 11) is 4.41. The Labute approximate surface area is 178 Å². The van der Waals surface area contributed by atoms with Crippen molar-refractivity contribution in [2.75, 3.05) is 23.9 Å². The van der Waals surface area contributed by atoms with E-state index in [4.69, 9.17) is 0 Å². The average Bonchev–Trinajstić information content (AvgIpc) is 2.78. The molecule has 4 aromatic carbocycles. The molecule has 2 nitrogen and oxygen atoms in total. The zero-order valence-electron chi connectivity index (χ0n) is 17.4. The maximum Gasteiger partial charge on any atom is 0.0524 e. The van der Waals surface area contributed by atoms with Crippen LogP contribution in [0.2, 0.25) is 0 Å². The predicted octanol–water partition coefficient (Wildman–Crippen LogP) is 6.70. The first kappa shape index (κ1) is 17.3. The molecule has 0 unspecified atom stereocenters. The summed E-state index contributed by atoms with van der Waals surface area (Å²) in [4.78, 5) is 4.75. The third kappa shape index (κ3) is 2.43. The van der Waals surface area contributed by atoms with Gasteiger partial charge in [-0.05, 0) is 34.4 Å². The zero-order chi connectivity index (χ0) is 20.2. The molecule has 0 saturated carbocycles. The molecule has 0 saturated heterocycles. The number of hydrogen-bond acceptors (Lipinski definition) is 2. The van der Waals surface area contributed by atoms with Gasteiger partial charge in [0.1, 0.15) is 0 Å². The van der Waals surface area contributed by atoms with Crippen molar-refractivity contribution < 1.29 is 0 Å². The van der Waals surface area contributed by atoms with E-state index in [1.807, 2.05) is 0 Å². The van der Waals surface area contributed by atoms with E-state index in [9.17, 15) is 0 Å². The van der Waals surface area contributed by atoms with E-state index in [1.165, 1.54) is 56.1 Å². The smallest absolute Gasteiger partial charge is 0.0524 e. The van der Waals surface area contributed by atoms with E-state index in [1.54, 1.807) is 0 Å². The molecule has 0 radical (unpaired) electrons. The fourth-order valence-corrected chi connectivity index (χ4v) is 5.32. The number of benzene rings is 4. The van der Waals surface area contributed by atoms with Crippen molar-refractivity contribution in [1.29, 1.82) is 0 Å². The van der Waals surface area contributed by atoms with Crippen LogP contribution in [0.5, 0.6) is 0 Å². The molecular formula is C28H24N2. The molecule has 0 atom stereocenters. The first-order chi connectivity index (χ1) is 14.7. The molecule has 0 amide bonds. The van der Waals surface area contributed by atoms with Crippen molar-refractivity contribution in [3.8, 4) is 11.1 Å². The highest BCUT2D eigenvalue weighted by Gasteiger charge is 2.27. The summed E-state index contributed by atoms with van der Waals surface area (Å²) in [6.07, 6.45) is 1.97. The van der Waals surface area contributed by atoms with Gasteiger partial charge >= 0.3 is 0 Å². The van der Waals surface area contributed by atoms with Gasteiger partial charge in [-0.25, -0.2) is 0 Å². The molecule has 0 bridgehead atoms. The van der Waals surface area contributed by atoms with Crippen LogP contribution in [0.4, 0.5) is 22.7 Å². The zero-order valence-corrected chi connectivity index (χ0v) is 17.4. The maximum atomic E-state index is 2.37. The van der Waals surface area contributed by atoms with E-state index in [0.717, 1.165) is 12.8 Å². The number of anilines is 4. The molecule has 4 aromatic rings. The minimum atomic E-state index is 0.984. The largest absolute Gasteiger partial charge is 0.344 e. The number of fused-ring (bicyclic) bond motifs is 4. The summed E-state index contributed by atoms with van der Waals surface area (Å²) in [5.41, 5.74) is 13.5. The molecule has 2 heterocycles. The molecule has 0 aromatic heterocycles. The van der Waals surface area contributed by atoms with Gasteiger partial charge < -0.3 is 9.80 Å². The summed E-state index contributed by atoms with van der Waals surface area (Å²) < 4.78 is 0. The Balaban J connectivity index is 1.56. The van der Waals surface area contributed by atoms with Crippen molar-refractivity contribution in [3.63, 3.8) is 0 Å². The number of nitrogens with zero attached hydrogens (tertiary/aromatic N) is 2.